The van der Waals surface area contributed by atoms with Crippen LogP contribution in [-0.2, 0) is 20.8 Å². The third kappa shape index (κ3) is 6.28. The number of esters is 1. The van der Waals surface area contributed by atoms with Gasteiger partial charge in [0.15, 0.2) is 12.4 Å². The number of nitro benzene ring substituents is 1. The Morgan fingerprint density at radius 2 is 1.83 bits per heavy atom. The normalized spacial score (nSPS) is 10.3. The van der Waals surface area contributed by atoms with E-state index in [1.807, 2.05) is 30.3 Å². The first kappa shape index (κ1) is 21.8. The molecule has 29 heavy (non-hydrogen) atoms. The average Bonchev–Trinajstić information content (AvgIpc) is 2.74. The average molecular weight is 402 g/mol. The van der Waals surface area contributed by atoms with Crippen molar-refractivity contribution in [2.75, 3.05) is 34.0 Å². The Hall–Kier alpha value is -3.46. The SMILES string of the molecule is COCCN(Cc1ccccc1)C(=O)COC(=O)c1ccc(OC)c([N+](=O)[O-])c1. The molecular weight excluding hydrogens is 380 g/mol. The molecule has 0 aliphatic rings. The molecule has 2 rings (SSSR count). The Labute approximate surface area is 167 Å². The third-order valence-corrected chi connectivity index (χ3v) is 4.07. The first-order chi connectivity index (χ1) is 14.0. The van der Waals surface area contributed by atoms with Crippen LogP contribution in [0, 0.1) is 10.1 Å². The number of methoxy groups -OCH3 is 2. The second kappa shape index (κ2) is 10.8. The van der Waals surface area contributed by atoms with Crippen molar-refractivity contribution in [1.82, 2.24) is 4.90 Å². The van der Waals surface area contributed by atoms with Crippen LogP contribution in [-0.4, -0.2) is 55.7 Å². The van der Waals surface area contributed by atoms with Crippen molar-refractivity contribution in [3.8, 4) is 5.75 Å². The number of nitrogens with zero attached hydrogens (tertiary/aromatic N) is 2. The van der Waals surface area contributed by atoms with Crippen LogP contribution < -0.4 is 4.74 Å². The molecule has 0 aromatic heterocycles. The second-order valence-electron chi connectivity index (χ2n) is 6.01. The van der Waals surface area contributed by atoms with Gasteiger partial charge < -0.3 is 19.1 Å². The van der Waals surface area contributed by atoms with Crippen LogP contribution in [0.25, 0.3) is 0 Å². The van der Waals surface area contributed by atoms with Crippen LogP contribution in [0.1, 0.15) is 15.9 Å². The van der Waals surface area contributed by atoms with Crippen LogP contribution >= 0.6 is 0 Å². The lowest BCUT2D eigenvalue weighted by Crippen LogP contribution is -2.36. The lowest BCUT2D eigenvalue weighted by Gasteiger charge is -2.22. The van der Waals surface area contributed by atoms with E-state index in [1.54, 1.807) is 0 Å². The quantitative estimate of drug-likeness (QED) is 0.341. The lowest BCUT2D eigenvalue weighted by molar-refractivity contribution is -0.385. The number of hydrogen-bond acceptors (Lipinski definition) is 7. The molecule has 0 aliphatic carbocycles. The number of carbonyl (C=O) groups is 2. The summed E-state index contributed by atoms with van der Waals surface area (Å²) in [6.07, 6.45) is 0. The van der Waals surface area contributed by atoms with Crippen molar-refractivity contribution in [3.05, 3.63) is 69.8 Å². The molecular formula is C20H22N2O7. The zero-order chi connectivity index (χ0) is 21.2. The number of hydrogen-bond donors (Lipinski definition) is 0. The summed E-state index contributed by atoms with van der Waals surface area (Å²) in [6.45, 7) is 0.511. The van der Waals surface area contributed by atoms with Crippen molar-refractivity contribution in [1.29, 1.82) is 0 Å². The van der Waals surface area contributed by atoms with E-state index in [9.17, 15) is 19.7 Å². The predicted molar refractivity (Wildman–Crippen MR) is 104 cm³/mol. The molecule has 0 aliphatic heterocycles. The summed E-state index contributed by atoms with van der Waals surface area (Å²) in [5.74, 6) is -1.21. The van der Waals surface area contributed by atoms with Gasteiger partial charge in [-0.2, -0.15) is 0 Å². The smallest absolute Gasteiger partial charge is 0.338 e. The summed E-state index contributed by atoms with van der Waals surface area (Å²) in [7, 11) is 2.82. The van der Waals surface area contributed by atoms with Gasteiger partial charge >= 0.3 is 11.7 Å². The lowest BCUT2D eigenvalue weighted by atomic mass is 10.2. The van der Waals surface area contributed by atoms with Crippen molar-refractivity contribution < 1.29 is 28.7 Å². The van der Waals surface area contributed by atoms with Gasteiger partial charge in [0, 0.05) is 26.3 Å². The Morgan fingerprint density at radius 3 is 2.45 bits per heavy atom. The fourth-order valence-electron chi connectivity index (χ4n) is 2.56. The minimum atomic E-state index is -0.837. The molecule has 0 spiro atoms. The highest BCUT2D eigenvalue weighted by Crippen LogP contribution is 2.27. The standard InChI is InChI=1S/C20H22N2O7/c1-27-11-10-21(13-15-6-4-3-5-7-15)19(23)14-29-20(24)16-8-9-18(28-2)17(12-16)22(25)26/h3-9,12H,10-11,13-14H2,1-2H3. The molecule has 0 radical (unpaired) electrons. The van der Waals surface area contributed by atoms with Gasteiger partial charge in [0.2, 0.25) is 0 Å². The molecule has 0 heterocycles. The first-order valence-electron chi connectivity index (χ1n) is 8.76. The maximum atomic E-state index is 12.5. The van der Waals surface area contributed by atoms with Gasteiger partial charge in [0.05, 0.1) is 24.2 Å². The molecule has 0 atom stereocenters. The Kier molecular flexibility index (Phi) is 8.11. The van der Waals surface area contributed by atoms with Gasteiger partial charge in [-0.25, -0.2) is 4.79 Å². The minimum Gasteiger partial charge on any atom is -0.490 e. The maximum absolute atomic E-state index is 12.5. The molecule has 0 bridgehead atoms. The summed E-state index contributed by atoms with van der Waals surface area (Å²) in [5, 5.41) is 11.1. The molecule has 9 nitrogen and oxygen atoms in total. The number of nitro groups is 1. The summed E-state index contributed by atoms with van der Waals surface area (Å²) >= 11 is 0. The predicted octanol–water partition coefficient (Wildman–Crippen LogP) is 2.44. The molecule has 0 unspecified atom stereocenters. The third-order valence-electron chi connectivity index (χ3n) is 4.07. The molecule has 1 amide bonds. The number of rotatable bonds is 10. The molecule has 0 fully saturated rings. The largest absolute Gasteiger partial charge is 0.490 e. The Bertz CT molecular complexity index is 855. The van der Waals surface area contributed by atoms with Crippen molar-refractivity contribution >= 4 is 17.6 Å². The number of carbonyl (C=O) groups excluding carboxylic acids is 2. The van der Waals surface area contributed by atoms with E-state index in [4.69, 9.17) is 14.2 Å². The highest BCUT2D eigenvalue weighted by atomic mass is 16.6. The monoisotopic (exact) mass is 402 g/mol. The summed E-state index contributed by atoms with van der Waals surface area (Å²) in [5.41, 5.74) is 0.518. The number of benzene rings is 2. The van der Waals surface area contributed by atoms with E-state index in [0.717, 1.165) is 11.6 Å². The van der Waals surface area contributed by atoms with Gasteiger partial charge in [0.1, 0.15) is 0 Å². The molecule has 9 heteroatoms. The Balaban J connectivity index is 2.03. The fourth-order valence-corrected chi connectivity index (χ4v) is 2.56. The van der Waals surface area contributed by atoms with Crippen LogP contribution in [0.4, 0.5) is 5.69 Å². The second-order valence-corrected chi connectivity index (χ2v) is 6.01. The number of ether oxygens (including phenoxy) is 3. The molecule has 2 aromatic carbocycles. The summed E-state index contributed by atoms with van der Waals surface area (Å²) in [6, 6.07) is 13.1. The van der Waals surface area contributed by atoms with E-state index in [-0.39, 0.29) is 17.0 Å². The van der Waals surface area contributed by atoms with Crippen molar-refractivity contribution in [3.63, 3.8) is 0 Å². The van der Waals surface area contributed by atoms with Gasteiger partial charge in [-0.3, -0.25) is 14.9 Å². The highest BCUT2D eigenvalue weighted by molar-refractivity contribution is 5.92. The van der Waals surface area contributed by atoms with Crippen molar-refractivity contribution in [2.45, 2.75) is 6.54 Å². The first-order valence-corrected chi connectivity index (χ1v) is 8.76. The Morgan fingerprint density at radius 1 is 1.10 bits per heavy atom. The molecule has 0 saturated heterocycles. The van der Waals surface area contributed by atoms with Crippen LogP contribution in [0.15, 0.2) is 48.5 Å². The van der Waals surface area contributed by atoms with Gasteiger partial charge in [-0.1, -0.05) is 30.3 Å². The maximum Gasteiger partial charge on any atom is 0.338 e. The molecule has 2 aromatic rings. The van der Waals surface area contributed by atoms with Gasteiger partial charge in [-0.15, -0.1) is 0 Å². The molecule has 0 N–H and O–H groups in total. The van der Waals surface area contributed by atoms with E-state index in [0.29, 0.717) is 19.7 Å². The number of amides is 1. The fraction of sp³-hybridized carbons (Fsp3) is 0.300. The zero-order valence-corrected chi connectivity index (χ0v) is 16.2. The topological polar surface area (TPSA) is 108 Å². The van der Waals surface area contributed by atoms with Crippen molar-refractivity contribution in [2.24, 2.45) is 0 Å². The van der Waals surface area contributed by atoms with E-state index in [1.165, 1.54) is 31.3 Å². The van der Waals surface area contributed by atoms with Gasteiger partial charge in [-0.05, 0) is 17.7 Å². The highest BCUT2D eigenvalue weighted by Gasteiger charge is 2.21. The van der Waals surface area contributed by atoms with Crippen LogP contribution in [0.3, 0.4) is 0 Å². The van der Waals surface area contributed by atoms with Crippen LogP contribution in [0.2, 0.25) is 0 Å². The zero-order valence-electron chi connectivity index (χ0n) is 16.2. The van der Waals surface area contributed by atoms with E-state index < -0.39 is 23.4 Å². The van der Waals surface area contributed by atoms with E-state index >= 15 is 0 Å². The summed E-state index contributed by atoms with van der Waals surface area (Å²) in [4.78, 5) is 36.7. The van der Waals surface area contributed by atoms with E-state index in [2.05, 4.69) is 0 Å². The minimum absolute atomic E-state index is 0.0243. The molecule has 0 saturated carbocycles. The molecule has 154 valence electrons. The van der Waals surface area contributed by atoms with Gasteiger partial charge in [0.25, 0.3) is 5.91 Å². The summed E-state index contributed by atoms with van der Waals surface area (Å²) < 4.78 is 15.0. The van der Waals surface area contributed by atoms with Crippen LogP contribution in [0.5, 0.6) is 5.75 Å².